The summed E-state index contributed by atoms with van der Waals surface area (Å²) in [6, 6.07) is -0.947. The molecule has 0 spiro atoms. The Kier molecular flexibility index (Phi) is 40.1. The molecule has 0 radical (unpaired) electrons. The summed E-state index contributed by atoms with van der Waals surface area (Å²) in [5, 5.41) is 86.9. The number of unbranched alkanes of at least 4 members (excludes halogenated alkanes) is 23. The Morgan fingerprint density at radius 1 is 0.500 bits per heavy atom. The molecule has 0 aromatic carbocycles. The Bertz CT molecular complexity index is 1440. The minimum atomic E-state index is -1.80. The zero-order chi connectivity index (χ0) is 52.4. The van der Waals surface area contributed by atoms with Gasteiger partial charge >= 0.3 is 0 Å². The molecule has 0 aliphatic carbocycles. The van der Waals surface area contributed by atoms with E-state index in [4.69, 9.17) is 18.9 Å². The van der Waals surface area contributed by atoms with Crippen molar-refractivity contribution < 1.29 is 64.6 Å². The number of rotatable bonds is 44. The quantitative estimate of drug-likeness (QED) is 0.0205. The van der Waals surface area contributed by atoms with Gasteiger partial charge in [0.15, 0.2) is 12.6 Å². The van der Waals surface area contributed by atoms with Crippen LogP contribution in [0.5, 0.6) is 0 Å². The predicted octanol–water partition coefficient (Wildman–Crippen LogP) is 9.00. The Labute approximate surface area is 435 Å². The molecule has 2 saturated heterocycles. The van der Waals surface area contributed by atoms with E-state index in [1.54, 1.807) is 6.08 Å². The highest BCUT2D eigenvalue weighted by Gasteiger charge is 2.51. The van der Waals surface area contributed by atoms with E-state index < -0.39 is 86.8 Å². The van der Waals surface area contributed by atoms with Crippen molar-refractivity contribution in [3.8, 4) is 0 Å². The predicted molar refractivity (Wildman–Crippen MR) is 286 cm³/mol. The molecule has 12 atom stereocenters. The molecule has 72 heavy (non-hydrogen) atoms. The third kappa shape index (κ3) is 29.7. The van der Waals surface area contributed by atoms with Gasteiger partial charge in [0.2, 0.25) is 5.91 Å². The van der Waals surface area contributed by atoms with Crippen molar-refractivity contribution in [2.24, 2.45) is 0 Å². The molecule has 14 nitrogen and oxygen atoms in total. The second-order valence-corrected chi connectivity index (χ2v) is 20.0. The summed E-state index contributed by atoms with van der Waals surface area (Å²) >= 11 is 0. The average Bonchev–Trinajstić information content (AvgIpc) is 3.38. The van der Waals surface area contributed by atoms with E-state index >= 15 is 0 Å². The van der Waals surface area contributed by atoms with Crippen LogP contribution in [-0.4, -0.2) is 140 Å². The number of carbonyl (C=O) groups excluding carboxylic acids is 1. The van der Waals surface area contributed by atoms with Gasteiger partial charge in [-0.3, -0.25) is 4.79 Å². The van der Waals surface area contributed by atoms with Crippen LogP contribution >= 0.6 is 0 Å². The van der Waals surface area contributed by atoms with Gasteiger partial charge < -0.3 is 65.1 Å². The molecule has 14 heteroatoms. The first-order chi connectivity index (χ1) is 35.1. The summed E-state index contributed by atoms with van der Waals surface area (Å²) in [5.41, 5.74) is 0. The number of aliphatic hydroxyl groups is 8. The molecular weight excluding hydrogens is 919 g/mol. The van der Waals surface area contributed by atoms with Crippen molar-refractivity contribution >= 4 is 5.91 Å². The lowest BCUT2D eigenvalue weighted by atomic mass is 9.97. The lowest BCUT2D eigenvalue weighted by Crippen LogP contribution is -2.65. The van der Waals surface area contributed by atoms with Crippen LogP contribution in [0.25, 0.3) is 0 Å². The maximum atomic E-state index is 13.2. The van der Waals surface area contributed by atoms with Crippen molar-refractivity contribution in [3.05, 3.63) is 60.8 Å². The molecular formula is C58H103NO13. The standard InChI is InChI=1S/C58H103NO13/c1-3-5-7-9-11-13-15-17-19-20-21-22-23-24-25-26-27-28-29-31-33-35-37-39-41-47(62)46(59-50(63)42-40-38-36-34-32-30-18-16-14-12-10-8-6-4-2)45-69-57-55(68)53(66)56(49(44-61)71-57)72-58-54(67)52(65)51(64)48(43-60)70-58/h10,12,16,18,26-27,31,33,39,41,46-49,51-58,60-62,64-68H,3-9,11,13-15,17,19-25,28-30,32,34-38,40,42-45H2,1-2H3,(H,59,63)/b12-10-,18-16-,27-26+,33-31+,41-39+. The van der Waals surface area contributed by atoms with Crippen LogP contribution in [0.1, 0.15) is 206 Å². The SMILES string of the molecule is CCCC/C=C\C/C=C\CCCCCCCC(=O)NC(COC1OC(CO)C(OC2OC(CO)C(O)C(O)C2O)C(O)C1O)C(O)/C=C/CC/C=C/CC/C=C/CCCCCCCCCCCCCCCC. The number of nitrogens with one attached hydrogen (secondary N) is 1. The number of hydrogen-bond donors (Lipinski definition) is 9. The van der Waals surface area contributed by atoms with Crippen molar-refractivity contribution in [3.63, 3.8) is 0 Å². The molecule has 2 heterocycles. The van der Waals surface area contributed by atoms with Gasteiger partial charge in [-0.1, -0.05) is 190 Å². The highest BCUT2D eigenvalue weighted by atomic mass is 16.7. The fourth-order valence-electron chi connectivity index (χ4n) is 8.99. The fraction of sp³-hybridized carbons (Fsp3) is 0.810. The summed E-state index contributed by atoms with van der Waals surface area (Å²) in [6.45, 7) is 2.71. The van der Waals surface area contributed by atoms with E-state index in [0.29, 0.717) is 12.8 Å². The minimum absolute atomic E-state index is 0.251. The van der Waals surface area contributed by atoms with Crippen molar-refractivity contribution in [1.29, 1.82) is 0 Å². The largest absolute Gasteiger partial charge is 0.394 e. The molecule has 0 bridgehead atoms. The molecule has 1 amide bonds. The van der Waals surface area contributed by atoms with E-state index in [1.807, 2.05) is 6.08 Å². The topological polar surface area (TPSA) is 228 Å². The van der Waals surface area contributed by atoms with Crippen molar-refractivity contribution in [1.82, 2.24) is 5.32 Å². The monoisotopic (exact) mass is 1020 g/mol. The Balaban J connectivity index is 1.81. The number of carbonyl (C=O) groups is 1. The third-order valence-electron chi connectivity index (χ3n) is 13.7. The number of hydrogen-bond acceptors (Lipinski definition) is 13. The minimum Gasteiger partial charge on any atom is -0.394 e. The summed E-state index contributed by atoms with van der Waals surface area (Å²) in [6.07, 6.45) is 38.4. The zero-order valence-corrected chi connectivity index (χ0v) is 44.7. The first-order valence-corrected chi connectivity index (χ1v) is 28.5. The normalized spacial score (nSPS) is 26.0. The smallest absolute Gasteiger partial charge is 0.220 e. The number of ether oxygens (including phenoxy) is 4. The summed E-state index contributed by atoms with van der Waals surface area (Å²) in [5.74, 6) is -0.270. The van der Waals surface area contributed by atoms with E-state index in [-0.39, 0.29) is 18.9 Å². The van der Waals surface area contributed by atoms with Gasteiger partial charge in [-0.25, -0.2) is 0 Å². The Morgan fingerprint density at radius 3 is 1.49 bits per heavy atom. The maximum Gasteiger partial charge on any atom is 0.220 e. The molecule has 2 aliphatic rings. The van der Waals surface area contributed by atoms with Crippen LogP contribution in [0.3, 0.4) is 0 Å². The fourth-order valence-corrected chi connectivity index (χ4v) is 8.99. The zero-order valence-electron chi connectivity index (χ0n) is 44.7. The van der Waals surface area contributed by atoms with Crippen LogP contribution in [0.2, 0.25) is 0 Å². The van der Waals surface area contributed by atoms with Crippen LogP contribution in [0, 0.1) is 0 Å². The first-order valence-electron chi connectivity index (χ1n) is 28.5. The molecule has 418 valence electrons. The molecule has 0 aromatic heterocycles. The summed E-state index contributed by atoms with van der Waals surface area (Å²) in [7, 11) is 0. The molecule has 0 saturated carbocycles. The molecule has 0 aromatic rings. The van der Waals surface area contributed by atoms with Gasteiger partial charge in [0.25, 0.3) is 0 Å². The van der Waals surface area contributed by atoms with Crippen LogP contribution < -0.4 is 5.32 Å². The van der Waals surface area contributed by atoms with Crippen molar-refractivity contribution in [2.75, 3.05) is 19.8 Å². The van der Waals surface area contributed by atoms with E-state index in [1.165, 1.54) is 103 Å². The lowest BCUT2D eigenvalue weighted by Gasteiger charge is -2.46. The van der Waals surface area contributed by atoms with E-state index in [2.05, 4.69) is 67.8 Å². The molecule has 2 fully saturated rings. The van der Waals surface area contributed by atoms with Gasteiger partial charge in [0, 0.05) is 6.42 Å². The number of aliphatic hydroxyl groups excluding tert-OH is 8. The number of allylic oxidation sites excluding steroid dienone is 9. The Morgan fingerprint density at radius 2 is 0.944 bits per heavy atom. The highest BCUT2D eigenvalue weighted by Crippen LogP contribution is 2.30. The summed E-state index contributed by atoms with van der Waals surface area (Å²) < 4.78 is 22.7. The molecule has 2 aliphatic heterocycles. The van der Waals surface area contributed by atoms with E-state index in [9.17, 15) is 45.6 Å². The molecule has 12 unspecified atom stereocenters. The summed E-state index contributed by atoms with van der Waals surface area (Å²) in [4.78, 5) is 13.2. The van der Waals surface area contributed by atoms with Crippen LogP contribution in [-0.2, 0) is 23.7 Å². The second kappa shape index (κ2) is 43.9. The van der Waals surface area contributed by atoms with Gasteiger partial charge in [0.1, 0.15) is 48.8 Å². The first kappa shape index (κ1) is 65.8. The average molecular weight is 1020 g/mol. The Hall–Kier alpha value is -2.31. The maximum absolute atomic E-state index is 13.2. The van der Waals surface area contributed by atoms with Crippen molar-refractivity contribution in [2.45, 2.75) is 280 Å². The molecule has 2 rings (SSSR count). The highest BCUT2D eigenvalue weighted by molar-refractivity contribution is 5.76. The molecule has 9 N–H and O–H groups in total. The lowest BCUT2D eigenvalue weighted by molar-refractivity contribution is -0.359. The van der Waals surface area contributed by atoms with Crippen LogP contribution in [0.4, 0.5) is 0 Å². The van der Waals surface area contributed by atoms with Gasteiger partial charge in [-0.2, -0.15) is 0 Å². The van der Waals surface area contributed by atoms with Gasteiger partial charge in [-0.05, 0) is 70.6 Å². The van der Waals surface area contributed by atoms with Gasteiger partial charge in [0.05, 0.1) is 32.0 Å². The second-order valence-electron chi connectivity index (χ2n) is 20.0. The van der Waals surface area contributed by atoms with Gasteiger partial charge in [-0.15, -0.1) is 0 Å². The van der Waals surface area contributed by atoms with Crippen LogP contribution in [0.15, 0.2) is 60.8 Å². The van der Waals surface area contributed by atoms with E-state index in [0.717, 1.165) is 70.6 Å². The number of amides is 1. The third-order valence-corrected chi connectivity index (χ3v) is 13.7.